The molecule has 0 radical (unpaired) electrons. The molecule has 2 amide bonds. The fourth-order valence-corrected chi connectivity index (χ4v) is 2.12. The Bertz CT molecular complexity index is 431. The van der Waals surface area contributed by atoms with E-state index >= 15 is 0 Å². The van der Waals surface area contributed by atoms with Gasteiger partial charge in [0.05, 0.1) is 6.54 Å². The highest BCUT2D eigenvalue weighted by molar-refractivity contribution is 9.10. The summed E-state index contributed by atoms with van der Waals surface area (Å²) >= 11 is 9.11. The smallest absolute Gasteiger partial charge is 0.254 e. The van der Waals surface area contributed by atoms with Gasteiger partial charge in [-0.3, -0.25) is 9.59 Å². The van der Waals surface area contributed by atoms with Gasteiger partial charge in [-0.05, 0) is 18.2 Å². The molecule has 0 unspecified atom stereocenters. The van der Waals surface area contributed by atoms with Gasteiger partial charge in [0.25, 0.3) is 5.91 Å². The Labute approximate surface area is 113 Å². The molecule has 4 nitrogen and oxygen atoms in total. The summed E-state index contributed by atoms with van der Waals surface area (Å²) in [5.74, 6) is -0.473. The maximum absolute atomic E-state index is 12.0. The molecule has 1 aromatic carbocycles. The van der Waals surface area contributed by atoms with Crippen LogP contribution in [0.25, 0.3) is 0 Å². The van der Waals surface area contributed by atoms with Crippen molar-refractivity contribution in [3.8, 4) is 0 Å². The van der Waals surface area contributed by atoms with Gasteiger partial charge in [0, 0.05) is 29.2 Å². The number of nitrogens with one attached hydrogen (secondary N) is 1. The average molecular weight is 320 g/mol. The summed E-state index contributed by atoms with van der Waals surface area (Å²) in [5.41, 5.74) is 0.441. The van der Waals surface area contributed by atoms with E-state index in [1.807, 2.05) is 0 Å². The number of carbonyl (C=O) groups excluding carboxylic acids is 2. The summed E-state index contributed by atoms with van der Waals surface area (Å²) in [6.45, 7) is 0.0134. The van der Waals surface area contributed by atoms with Gasteiger partial charge in [0.1, 0.15) is 0 Å². The fourth-order valence-electron chi connectivity index (χ4n) is 1.26. The molecule has 92 valence electrons. The molecule has 0 bridgehead atoms. The number of hydrogen-bond donors (Lipinski definition) is 1. The van der Waals surface area contributed by atoms with Gasteiger partial charge in [0.15, 0.2) is 0 Å². The first kappa shape index (κ1) is 14.0. The molecule has 0 aliphatic rings. The monoisotopic (exact) mass is 318 g/mol. The lowest BCUT2D eigenvalue weighted by Crippen LogP contribution is -2.36. The number of nitrogens with zero attached hydrogens (tertiary/aromatic N) is 1. The molecule has 0 aliphatic carbocycles. The predicted molar refractivity (Wildman–Crippen MR) is 70.2 cm³/mol. The molecule has 0 aromatic heterocycles. The van der Waals surface area contributed by atoms with Crippen molar-refractivity contribution < 1.29 is 9.59 Å². The van der Waals surface area contributed by atoms with Gasteiger partial charge in [0.2, 0.25) is 5.91 Å². The highest BCUT2D eigenvalue weighted by atomic mass is 79.9. The molecule has 0 spiro atoms. The molecule has 0 saturated carbocycles. The third-order valence-corrected chi connectivity index (χ3v) is 2.79. The topological polar surface area (TPSA) is 49.4 Å². The van der Waals surface area contributed by atoms with Crippen LogP contribution in [0, 0.1) is 0 Å². The summed E-state index contributed by atoms with van der Waals surface area (Å²) < 4.78 is 0.724. The summed E-state index contributed by atoms with van der Waals surface area (Å²) in [6, 6.07) is 4.92. The van der Waals surface area contributed by atoms with Crippen molar-refractivity contribution in [1.29, 1.82) is 0 Å². The third kappa shape index (κ3) is 4.02. The minimum absolute atomic E-state index is 0.0134. The van der Waals surface area contributed by atoms with E-state index in [0.717, 1.165) is 4.47 Å². The van der Waals surface area contributed by atoms with Crippen LogP contribution in [0.1, 0.15) is 10.4 Å². The first-order valence-electron chi connectivity index (χ1n) is 4.86. The molecule has 0 heterocycles. The number of rotatable bonds is 3. The molecule has 0 saturated heterocycles. The van der Waals surface area contributed by atoms with E-state index in [0.29, 0.717) is 10.6 Å². The maximum Gasteiger partial charge on any atom is 0.254 e. The van der Waals surface area contributed by atoms with Crippen molar-refractivity contribution in [3.05, 3.63) is 33.3 Å². The third-order valence-electron chi connectivity index (χ3n) is 2.12. The van der Waals surface area contributed by atoms with Gasteiger partial charge in [-0.15, -0.1) is 0 Å². The van der Waals surface area contributed by atoms with Gasteiger partial charge in [-0.2, -0.15) is 0 Å². The van der Waals surface area contributed by atoms with Gasteiger partial charge >= 0.3 is 0 Å². The number of likely N-dealkylation sites (N-methyl/N-ethyl adjacent to an activating group) is 2. The molecule has 1 N–H and O–H groups in total. The lowest BCUT2D eigenvalue weighted by molar-refractivity contribution is -0.121. The van der Waals surface area contributed by atoms with Crippen molar-refractivity contribution in [3.63, 3.8) is 0 Å². The van der Waals surface area contributed by atoms with Crippen LogP contribution in [0.4, 0.5) is 0 Å². The second kappa shape index (κ2) is 6.02. The summed E-state index contributed by atoms with van der Waals surface area (Å²) in [5, 5.41) is 2.93. The lowest BCUT2D eigenvalue weighted by Gasteiger charge is -2.16. The van der Waals surface area contributed by atoms with Crippen LogP contribution in [0.15, 0.2) is 22.7 Å². The quantitative estimate of drug-likeness (QED) is 0.925. The molecular weight excluding hydrogens is 307 g/mol. The number of carbonyl (C=O) groups is 2. The zero-order valence-electron chi connectivity index (χ0n) is 9.46. The van der Waals surface area contributed by atoms with E-state index in [4.69, 9.17) is 11.6 Å². The Kier molecular flexibility index (Phi) is 4.96. The van der Waals surface area contributed by atoms with E-state index in [1.165, 1.54) is 11.9 Å². The summed E-state index contributed by atoms with van der Waals surface area (Å²) in [4.78, 5) is 24.4. The first-order chi connectivity index (χ1) is 7.93. The summed E-state index contributed by atoms with van der Waals surface area (Å²) in [7, 11) is 3.09. The van der Waals surface area contributed by atoms with Crippen LogP contribution in [-0.4, -0.2) is 37.4 Å². The van der Waals surface area contributed by atoms with E-state index in [1.54, 1.807) is 25.2 Å². The summed E-state index contributed by atoms with van der Waals surface area (Å²) in [6.07, 6.45) is 0. The standard InChI is InChI=1S/C11H12BrClN2O2/c1-14-10(16)6-15(2)11(17)7-3-8(12)5-9(13)4-7/h3-5H,6H2,1-2H3,(H,14,16). The Balaban J connectivity index is 2.85. The molecule has 0 aliphatic heterocycles. The van der Waals surface area contributed by atoms with Crippen LogP contribution in [0.2, 0.25) is 5.02 Å². The SMILES string of the molecule is CNC(=O)CN(C)C(=O)c1cc(Cl)cc(Br)c1. The normalized spacial score (nSPS) is 9.88. The Morgan fingerprint density at radius 1 is 1.41 bits per heavy atom. The predicted octanol–water partition coefficient (Wildman–Crippen LogP) is 1.92. The van der Waals surface area contributed by atoms with Gasteiger partial charge < -0.3 is 10.2 Å². The van der Waals surface area contributed by atoms with Crippen LogP contribution in [-0.2, 0) is 4.79 Å². The molecule has 0 atom stereocenters. The Morgan fingerprint density at radius 3 is 2.59 bits per heavy atom. The van der Waals surface area contributed by atoms with Crippen molar-refractivity contribution in [1.82, 2.24) is 10.2 Å². The highest BCUT2D eigenvalue weighted by Crippen LogP contribution is 2.20. The zero-order chi connectivity index (χ0) is 13.0. The number of benzene rings is 1. The number of halogens is 2. The lowest BCUT2D eigenvalue weighted by atomic mass is 10.2. The zero-order valence-corrected chi connectivity index (χ0v) is 11.8. The van der Waals surface area contributed by atoms with E-state index in [9.17, 15) is 9.59 Å². The Morgan fingerprint density at radius 2 is 2.06 bits per heavy atom. The highest BCUT2D eigenvalue weighted by Gasteiger charge is 2.15. The molecule has 1 rings (SSSR count). The number of hydrogen-bond acceptors (Lipinski definition) is 2. The first-order valence-corrected chi connectivity index (χ1v) is 6.03. The van der Waals surface area contributed by atoms with Crippen LogP contribution < -0.4 is 5.32 Å². The molecule has 17 heavy (non-hydrogen) atoms. The maximum atomic E-state index is 12.0. The van der Waals surface area contributed by atoms with Crippen molar-refractivity contribution in [2.75, 3.05) is 20.6 Å². The molecular formula is C11H12BrClN2O2. The fraction of sp³-hybridized carbons (Fsp3) is 0.273. The van der Waals surface area contributed by atoms with Crippen LogP contribution in [0.3, 0.4) is 0 Å². The van der Waals surface area contributed by atoms with E-state index in [-0.39, 0.29) is 18.4 Å². The van der Waals surface area contributed by atoms with E-state index in [2.05, 4.69) is 21.2 Å². The minimum Gasteiger partial charge on any atom is -0.358 e. The molecule has 0 fully saturated rings. The van der Waals surface area contributed by atoms with Crippen LogP contribution >= 0.6 is 27.5 Å². The average Bonchev–Trinajstić information content (AvgIpc) is 2.26. The van der Waals surface area contributed by atoms with Crippen molar-refractivity contribution in [2.24, 2.45) is 0 Å². The van der Waals surface area contributed by atoms with Crippen molar-refractivity contribution >= 4 is 39.3 Å². The van der Waals surface area contributed by atoms with E-state index < -0.39 is 0 Å². The molecule has 1 aromatic rings. The second-order valence-electron chi connectivity index (χ2n) is 3.49. The van der Waals surface area contributed by atoms with Gasteiger partial charge in [-0.25, -0.2) is 0 Å². The minimum atomic E-state index is -0.253. The van der Waals surface area contributed by atoms with Crippen molar-refractivity contribution in [2.45, 2.75) is 0 Å². The number of amides is 2. The second-order valence-corrected chi connectivity index (χ2v) is 4.84. The van der Waals surface area contributed by atoms with Gasteiger partial charge in [-0.1, -0.05) is 27.5 Å². The molecule has 6 heteroatoms. The largest absolute Gasteiger partial charge is 0.358 e. The van der Waals surface area contributed by atoms with Crippen LogP contribution in [0.5, 0.6) is 0 Å². The Hall–Kier alpha value is -1.07.